The number of nitrogens with zero attached hydrogens (tertiary/aromatic N) is 2. The molecule has 150 valence electrons. The van der Waals surface area contributed by atoms with E-state index >= 15 is 0 Å². The SMILES string of the molecule is O=C(Nc1cccc(-c2nc(-c3cc4c5c(c3)CC(=O)N5CCC4)cs2)c1)C1CC1. The summed E-state index contributed by atoms with van der Waals surface area (Å²) in [4.78, 5) is 31.2. The quantitative estimate of drug-likeness (QED) is 0.674. The maximum Gasteiger partial charge on any atom is 0.231 e. The Kier molecular flexibility index (Phi) is 4.03. The van der Waals surface area contributed by atoms with Gasteiger partial charge < -0.3 is 10.2 Å². The van der Waals surface area contributed by atoms with Gasteiger partial charge in [0.15, 0.2) is 0 Å². The largest absolute Gasteiger partial charge is 0.326 e. The van der Waals surface area contributed by atoms with Gasteiger partial charge in [0.25, 0.3) is 0 Å². The van der Waals surface area contributed by atoms with Crippen LogP contribution in [0.4, 0.5) is 11.4 Å². The number of amides is 2. The Balaban J connectivity index is 1.31. The summed E-state index contributed by atoms with van der Waals surface area (Å²) in [7, 11) is 0. The van der Waals surface area contributed by atoms with Gasteiger partial charge in [0, 0.05) is 34.7 Å². The number of anilines is 2. The summed E-state index contributed by atoms with van der Waals surface area (Å²) in [6, 6.07) is 12.2. The molecule has 0 unspecified atom stereocenters. The van der Waals surface area contributed by atoms with Crippen molar-refractivity contribution in [3.63, 3.8) is 0 Å². The van der Waals surface area contributed by atoms with Crippen molar-refractivity contribution in [3.8, 4) is 21.8 Å². The Morgan fingerprint density at radius 3 is 2.87 bits per heavy atom. The Hall–Kier alpha value is -2.99. The number of nitrogens with one attached hydrogen (secondary N) is 1. The van der Waals surface area contributed by atoms with Crippen molar-refractivity contribution in [1.29, 1.82) is 0 Å². The van der Waals surface area contributed by atoms with E-state index in [1.807, 2.05) is 29.2 Å². The van der Waals surface area contributed by atoms with Gasteiger partial charge in [-0.25, -0.2) is 4.98 Å². The maximum atomic E-state index is 12.3. The molecule has 1 aromatic heterocycles. The number of carbonyl (C=O) groups excluding carboxylic acids is 2. The second-order valence-electron chi connectivity index (χ2n) is 8.35. The fraction of sp³-hybridized carbons (Fsp3) is 0.292. The number of hydrogen-bond acceptors (Lipinski definition) is 4. The van der Waals surface area contributed by atoms with Crippen LogP contribution in [0.5, 0.6) is 0 Å². The minimum atomic E-state index is 0.114. The fourth-order valence-electron chi connectivity index (χ4n) is 4.49. The van der Waals surface area contributed by atoms with Gasteiger partial charge in [-0.05, 0) is 61.1 Å². The molecule has 3 aromatic rings. The lowest BCUT2D eigenvalue weighted by atomic mass is 9.96. The number of hydrogen-bond donors (Lipinski definition) is 1. The first-order valence-electron chi connectivity index (χ1n) is 10.5. The third kappa shape index (κ3) is 3.03. The highest BCUT2D eigenvalue weighted by Crippen LogP contribution is 2.40. The summed E-state index contributed by atoms with van der Waals surface area (Å²) < 4.78 is 0. The van der Waals surface area contributed by atoms with Gasteiger partial charge in [-0.1, -0.05) is 12.1 Å². The molecule has 6 heteroatoms. The van der Waals surface area contributed by atoms with Crippen LogP contribution in [0.25, 0.3) is 21.8 Å². The zero-order valence-corrected chi connectivity index (χ0v) is 17.3. The van der Waals surface area contributed by atoms with Crippen LogP contribution in [0.2, 0.25) is 0 Å². The molecule has 1 saturated carbocycles. The number of rotatable bonds is 4. The average Bonchev–Trinajstić information content (AvgIpc) is 3.40. The average molecular weight is 416 g/mol. The highest BCUT2D eigenvalue weighted by Gasteiger charge is 2.32. The van der Waals surface area contributed by atoms with Crippen LogP contribution >= 0.6 is 11.3 Å². The van der Waals surface area contributed by atoms with Crippen molar-refractivity contribution in [1.82, 2.24) is 4.98 Å². The summed E-state index contributed by atoms with van der Waals surface area (Å²) in [6.45, 7) is 0.840. The smallest absolute Gasteiger partial charge is 0.231 e. The summed E-state index contributed by atoms with van der Waals surface area (Å²) in [5, 5.41) is 6.02. The Morgan fingerprint density at radius 1 is 1.13 bits per heavy atom. The molecule has 1 fully saturated rings. The third-order valence-electron chi connectivity index (χ3n) is 6.13. The van der Waals surface area contributed by atoms with E-state index in [-0.39, 0.29) is 17.7 Å². The van der Waals surface area contributed by atoms with Gasteiger partial charge in [-0.2, -0.15) is 0 Å². The molecule has 2 aromatic carbocycles. The molecule has 0 radical (unpaired) electrons. The molecule has 2 aliphatic heterocycles. The molecule has 1 N–H and O–H groups in total. The van der Waals surface area contributed by atoms with Crippen molar-refractivity contribution in [2.45, 2.75) is 32.1 Å². The molecule has 0 saturated heterocycles. The van der Waals surface area contributed by atoms with E-state index in [4.69, 9.17) is 4.98 Å². The van der Waals surface area contributed by atoms with Crippen molar-refractivity contribution >= 4 is 34.5 Å². The van der Waals surface area contributed by atoms with E-state index in [2.05, 4.69) is 22.8 Å². The molecule has 6 rings (SSSR count). The molecule has 5 nitrogen and oxygen atoms in total. The van der Waals surface area contributed by atoms with Crippen molar-refractivity contribution in [2.75, 3.05) is 16.8 Å². The van der Waals surface area contributed by atoms with Gasteiger partial charge in [0.2, 0.25) is 11.8 Å². The summed E-state index contributed by atoms with van der Waals surface area (Å²) >= 11 is 1.60. The van der Waals surface area contributed by atoms with Crippen LogP contribution in [-0.2, 0) is 22.4 Å². The van der Waals surface area contributed by atoms with Gasteiger partial charge >= 0.3 is 0 Å². The van der Waals surface area contributed by atoms with Gasteiger partial charge in [-0.3, -0.25) is 9.59 Å². The van der Waals surface area contributed by atoms with Crippen LogP contribution in [0, 0.1) is 5.92 Å². The van der Waals surface area contributed by atoms with Crippen LogP contribution in [0.3, 0.4) is 0 Å². The predicted octanol–water partition coefficient (Wildman–Crippen LogP) is 4.66. The molecule has 3 heterocycles. The van der Waals surface area contributed by atoms with Crippen LogP contribution in [0.15, 0.2) is 41.8 Å². The standard InChI is InChI=1S/C24H21N3O2S/c28-21-12-18-10-17(9-15-4-2-8-27(21)22(15)18)20-13-30-24(26-20)16-3-1-5-19(11-16)25-23(29)14-6-7-14/h1,3,5,9-11,13-14H,2,4,6-8,12H2,(H,25,29). The van der Waals surface area contributed by atoms with Gasteiger partial charge in [0.1, 0.15) is 5.01 Å². The molecular formula is C24H21N3O2S. The van der Waals surface area contributed by atoms with E-state index in [0.29, 0.717) is 6.42 Å². The van der Waals surface area contributed by atoms with E-state index in [9.17, 15) is 9.59 Å². The number of benzene rings is 2. The molecular weight excluding hydrogens is 394 g/mol. The normalized spacial score (nSPS) is 17.2. The van der Waals surface area contributed by atoms with E-state index < -0.39 is 0 Å². The monoisotopic (exact) mass is 415 g/mol. The zero-order chi connectivity index (χ0) is 20.2. The Bertz CT molecular complexity index is 1190. The third-order valence-corrected chi connectivity index (χ3v) is 7.02. The van der Waals surface area contributed by atoms with E-state index in [1.165, 1.54) is 5.56 Å². The lowest BCUT2D eigenvalue weighted by Crippen LogP contribution is -2.31. The summed E-state index contributed by atoms with van der Waals surface area (Å²) in [5.41, 5.74) is 7.39. The number of aromatic nitrogens is 1. The maximum absolute atomic E-state index is 12.3. The van der Waals surface area contributed by atoms with Gasteiger partial charge in [-0.15, -0.1) is 11.3 Å². The highest BCUT2D eigenvalue weighted by molar-refractivity contribution is 7.13. The second-order valence-corrected chi connectivity index (χ2v) is 9.21. The number of aryl methyl sites for hydroxylation is 1. The number of carbonyl (C=O) groups is 2. The lowest BCUT2D eigenvalue weighted by Gasteiger charge is -2.25. The molecule has 2 amide bonds. The minimum absolute atomic E-state index is 0.114. The molecule has 0 spiro atoms. The molecule has 0 bridgehead atoms. The summed E-state index contributed by atoms with van der Waals surface area (Å²) in [6.07, 6.45) is 4.51. The van der Waals surface area contributed by atoms with Crippen LogP contribution < -0.4 is 10.2 Å². The van der Waals surface area contributed by atoms with Crippen molar-refractivity contribution in [3.05, 3.63) is 52.9 Å². The Morgan fingerprint density at radius 2 is 2.00 bits per heavy atom. The number of thiazole rings is 1. The first-order chi connectivity index (χ1) is 14.7. The Labute approximate surface area is 178 Å². The summed E-state index contributed by atoms with van der Waals surface area (Å²) in [5.74, 6) is 0.513. The molecule has 30 heavy (non-hydrogen) atoms. The molecule has 1 aliphatic carbocycles. The first kappa shape index (κ1) is 17.8. The lowest BCUT2D eigenvalue weighted by molar-refractivity contribution is -0.118. The van der Waals surface area contributed by atoms with Crippen LogP contribution in [0.1, 0.15) is 30.4 Å². The first-order valence-corrected chi connectivity index (χ1v) is 11.4. The molecule has 3 aliphatic rings. The minimum Gasteiger partial charge on any atom is -0.326 e. The second kappa shape index (κ2) is 6.77. The van der Waals surface area contributed by atoms with Gasteiger partial charge in [0.05, 0.1) is 17.8 Å². The van der Waals surface area contributed by atoms with Crippen LogP contribution in [-0.4, -0.2) is 23.3 Å². The predicted molar refractivity (Wildman–Crippen MR) is 119 cm³/mol. The molecule has 0 atom stereocenters. The van der Waals surface area contributed by atoms with E-state index in [0.717, 1.165) is 71.0 Å². The van der Waals surface area contributed by atoms with E-state index in [1.54, 1.807) is 11.3 Å². The highest BCUT2D eigenvalue weighted by atomic mass is 32.1. The van der Waals surface area contributed by atoms with Crippen molar-refractivity contribution < 1.29 is 9.59 Å². The topological polar surface area (TPSA) is 62.3 Å². The zero-order valence-electron chi connectivity index (χ0n) is 16.5. The fourth-order valence-corrected chi connectivity index (χ4v) is 5.31. The van der Waals surface area contributed by atoms with Crippen molar-refractivity contribution in [2.24, 2.45) is 5.92 Å².